The molecular formula is C30H22ClF5N10O2. The van der Waals surface area contributed by atoms with Gasteiger partial charge in [-0.1, -0.05) is 30.2 Å². The van der Waals surface area contributed by atoms with Gasteiger partial charge in [0.05, 0.1) is 53.2 Å². The molecule has 1 amide bonds. The number of nitrogens with one attached hydrogen (secondary N) is 1. The third-order valence-corrected chi connectivity index (χ3v) is 8.05. The highest BCUT2D eigenvalue weighted by atomic mass is 35.5. The maximum Gasteiger partial charge on any atom is 0.436 e. The van der Waals surface area contributed by atoms with Crippen LogP contribution in [0.25, 0.3) is 28.2 Å². The van der Waals surface area contributed by atoms with E-state index in [0.717, 1.165) is 16.9 Å². The second-order valence-corrected chi connectivity index (χ2v) is 11.4. The molecule has 1 aliphatic heterocycles. The number of carbonyl (C=O) groups is 1. The van der Waals surface area contributed by atoms with Gasteiger partial charge in [0.1, 0.15) is 11.8 Å². The number of nitriles is 1. The van der Waals surface area contributed by atoms with Crippen LogP contribution in [-0.2, 0) is 11.0 Å². The summed E-state index contributed by atoms with van der Waals surface area (Å²) in [5.41, 5.74) is -1.45. The van der Waals surface area contributed by atoms with Gasteiger partial charge in [0.25, 0.3) is 5.56 Å². The summed E-state index contributed by atoms with van der Waals surface area (Å²) in [5, 5.41) is 23.2. The number of aromatic nitrogens is 8. The number of carbonyl (C=O) groups excluding carboxylic acids is 1. The number of nitrogens with zero attached hydrogens (tertiary/aromatic N) is 9. The minimum absolute atomic E-state index is 0.0144. The van der Waals surface area contributed by atoms with E-state index in [4.69, 9.17) is 11.6 Å². The van der Waals surface area contributed by atoms with E-state index in [1.54, 1.807) is 6.92 Å². The van der Waals surface area contributed by atoms with E-state index in [0.29, 0.717) is 23.7 Å². The molecule has 0 unspecified atom stereocenters. The first kappa shape index (κ1) is 32.4. The Morgan fingerprint density at radius 1 is 1.12 bits per heavy atom. The van der Waals surface area contributed by atoms with Gasteiger partial charge < -0.3 is 5.32 Å². The van der Waals surface area contributed by atoms with Crippen molar-refractivity contribution in [3.8, 4) is 34.3 Å². The van der Waals surface area contributed by atoms with Gasteiger partial charge in [0.2, 0.25) is 5.91 Å². The van der Waals surface area contributed by atoms with E-state index in [-0.39, 0.29) is 56.7 Å². The van der Waals surface area contributed by atoms with Crippen molar-refractivity contribution in [1.82, 2.24) is 39.3 Å². The largest absolute Gasteiger partial charge is 0.436 e. The number of rotatable bonds is 4. The predicted octanol–water partition coefficient (Wildman–Crippen LogP) is 6.04. The van der Waals surface area contributed by atoms with Crippen molar-refractivity contribution < 1.29 is 26.7 Å². The number of alkyl halides is 5. The number of benzene rings is 1. The topological polar surface area (TPSA) is 149 Å². The van der Waals surface area contributed by atoms with Gasteiger partial charge >= 0.3 is 12.7 Å². The summed E-state index contributed by atoms with van der Waals surface area (Å²) < 4.78 is 70.3. The molecule has 6 rings (SSSR count). The molecular weight excluding hydrogens is 663 g/mol. The van der Waals surface area contributed by atoms with Crippen LogP contribution in [0, 0.1) is 17.2 Å². The molecule has 2 atom stereocenters. The molecule has 1 aliphatic rings. The third-order valence-electron chi connectivity index (χ3n) is 7.81. The van der Waals surface area contributed by atoms with Crippen LogP contribution in [0.15, 0.2) is 59.9 Å². The Morgan fingerprint density at radius 3 is 2.60 bits per heavy atom. The van der Waals surface area contributed by atoms with Crippen LogP contribution in [0.1, 0.15) is 55.9 Å². The summed E-state index contributed by atoms with van der Waals surface area (Å²) in [4.78, 5) is 35.5. The third kappa shape index (κ3) is 6.26. The van der Waals surface area contributed by atoms with Crippen LogP contribution in [0.4, 0.5) is 27.6 Å². The molecule has 0 saturated carbocycles. The monoisotopic (exact) mass is 684 g/mol. The number of anilines is 1. The molecule has 2 bridgehead atoms. The van der Waals surface area contributed by atoms with E-state index in [9.17, 15) is 36.8 Å². The summed E-state index contributed by atoms with van der Waals surface area (Å²) >= 11 is 6.21. The molecule has 0 saturated heterocycles. The Kier molecular flexibility index (Phi) is 8.52. The molecule has 12 nitrogen and oxygen atoms in total. The minimum Gasteiger partial charge on any atom is -0.323 e. The smallest absolute Gasteiger partial charge is 0.323 e. The number of pyridine rings is 1. The van der Waals surface area contributed by atoms with Crippen molar-refractivity contribution in [1.29, 1.82) is 5.26 Å². The number of hydrogen-bond donors (Lipinski definition) is 1. The van der Waals surface area contributed by atoms with Gasteiger partial charge in [-0.3, -0.25) is 14.2 Å². The van der Waals surface area contributed by atoms with E-state index >= 15 is 0 Å². The molecule has 5 aromatic rings. The zero-order chi connectivity index (χ0) is 34.3. The van der Waals surface area contributed by atoms with Crippen molar-refractivity contribution in [3.05, 3.63) is 87.6 Å². The van der Waals surface area contributed by atoms with E-state index in [1.807, 2.05) is 6.07 Å². The lowest BCUT2D eigenvalue weighted by Gasteiger charge is -2.22. The zero-order valence-electron chi connectivity index (χ0n) is 24.7. The Hall–Kier alpha value is -5.50. The molecule has 0 spiro atoms. The van der Waals surface area contributed by atoms with Crippen LogP contribution in [-0.4, -0.2) is 45.2 Å². The Balaban J connectivity index is 1.47. The molecule has 18 heteroatoms. The first-order valence-electron chi connectivity index (χ1n) is 14.3. The molecule has 1 aromatic carbocycles. The standard InChI is InChI=1S/C30H22ClF5N10O2/c1-15-3-2-4-24(21-8-16(7-18(11-37)40-21)27-22(41-28(15)48)12-39-46(27)29(32)33)44-14-38-20(10-26(44)47)19-9-17(31)5-6-23(19)45-13-25(42-43-45)30(34,35)36/h5-10,12-15,24,29H,2-4H2,1H3,(H,41,48)/t15-,24+/m1/s1. The molecule has 0 radical (unpaired) electrons. The van der Waals surface area contributed by atoms with Crippen molar-refractivity contribution in [3.63, 3.8) is 0 Å². The number of amides is 1. The van der Waals surface area contributed by atoms with Crippen LogP contribution in [0.5, 0.6) is 0 Å². The summed E-state index contributed by atoms with van der Waals surface area (Å²) in [5.74, 6) is -0.964. The van der Waals surface area contributed by atoms with Gasteiger partial charge in [-0.2, -0.15) is 32.3 Å². The van der Waals surface area contributed by atoms with Gasteiger partial charge in [0.15, 0.2) is 5.69 Å². The molecule has 5 heterocycles. The van der Waals surface area contributed by atoms with E-state index in [2.05, 4.69) is 30.7 Å². The summed E-state index contributed by atoms with van der Waals surface area (Å²) in [6.45, 7) is -1.40. The maximum absolute atomic E-state index is 14.0. The lowest BCUT2D eigenvalue weighted by Crippen LogP contribution is -2.27. The summed E-state index contributed by atoms with van der Waals surface area (Å²) in [6, 6.07) is 9.17. The highest BCUT2D eigenvalue weighted by Gasteiger charge is 2.35. The molecule has 1 N–H and O–H groups in total. The average molecular weight is 685 g/mol. The first-order valence-corrected chi connectivity index (χ1v) is 14.7. The van der Waals surface area contributed by atoms with Crippen molar-refractivity contribution >= 4 is 23.2 Å². The highest BCUT2D eigenvalue weighted by molar-refractivity contribution is 6.31. The minimum atomic E-state index is -4.74. The summed E-state index contributed by atoms with van der Waals surface area (Å²) in [7, 11) is 0. The molecule has 246 valence electrons. The second kappa shape index (κ2) is 12.6. The van der Waals surface area contributed by atoms with Crippen molar-refractivity contribution in [2.45, 2.75) is 45.0 Å². The van der Waals surface area contributed by atoms with Crippen molar-refractivity contribution in [2.24, 2.45) is 5.92 Å². The fourth-order valence-electron chi connectivity index (χ4n) is 5.46. The quantitative estimate of drug-likeness (QED) is 0.225. The first-order chi connectivity index (χ1) is 22.8. The Morgan fingerprint density at radius 2 is 1.92 bits per heavy atom. The molecule has 0 fully saturated rings. The van der Waals surface area contributed by atoms with Crippen LogP contribution in [0.3, 0.4) is 0 Å². The Bertz CT molecular complexity index is 2140. The average Bonchev–Trinajstić information content (AvgIpc) is 3.71. The van der Waals surface area contributed by atoms with E-state index < -0.39 is 41.8 Å². The van der Waals surface area contributed by atoms with E-state index in [1.165, 1.54) is 41.2 Å². The molecule has 4 aromatic heterocycles. The fraction of sp³-hybridized carbons (Fsp3) is 0.267. The SMILES string of the molecule is C[C@@H]1CCC[C@H](n2cnc(-c3cc(Cl)ccc3-n3cc(C(F)(F)F)nn3)cc2=O)c2cc(cc(C#N)n2)-c2c(cnn2C(F)F)NC1=O. The second-order valence-electron chi connectivity index (χ2n) is 11.0. The maximum atomic E-state index is 14.0. The number of hydrogen-bond acceptors (Lipinski definition) is 8. The van der Waals surface area contributed by atoms with Crippen molar-refractivity contribution in [2.75, 3.05) is 5.32 Å². The lowest BCUT2D eigenvalue weighted by molar-refractivity contribution is -0.141. The van der Waals surface area contributed by atoms with Gasteiger partial charge in [-0.05, 0) is 43.2 Å². The number of halogens is 6. The zero-order valence-corrected chi connectivity index (χ0v) is 25.4. The van der Waals surface area contributed by atoms with Gasteiger partial charge in [-0.15, -0.1) is 5.10 Å². The number of fused-ring (bicyclic) bond motifs is 4. The van der Waals surface area contributed by atoms with Gasteiger partial charge in [-0.25, -0.2) is 19.3 Å². The Labute approximate surface area is 272 Å². The van der Waals surface area contributed by atoms with Crippen LogP contribution in [0.2, 0.25) is 5.02 Å². The highest BCUT2D eigenvalue weighted by Crippen LogP contribution is 2.36. The summed E-state index contributed by atoms with van der Waals surface area (Å²) in [6.07, 6.45) is -0.726. The normalized spacial score (nSPS) is 16.9. The molecule has 0 aliphatic carbocycles. The predicted molar refractivity (Wildman–Crippen MR) is 160 cm³/mol. The lowest BCUT2D eigenvalue weighted by atomic mass is 9.96. The van der Waals surface area contributed by atoms with Gasteiger partial charge in [0, 0.05) is 28.1 Å². The van der Waals surface area contributed by atoms with Crippen LogP contribution >= 0.6 is 11.6 Å². The molecule has 48 heavy (non-hydrogen) atoms. The fourth-order valence-corrected chi connectivity index (χ4v) is 5.63. The van der Waals surface area contributed by atoms with Crippen LogP contribution < -0.4 is 10.9 Å².